The predicted molar refractivity (Wildman–Crippen MR) is 85.5 cm³/mol. The van der Waals surface area contributed by atoms with Crippen LogP contribution in [0.3, 0.4) is 0 Å². The first-order valence-corrected chi connectivity index (χ1v) is 8.16. The van der Waals surface area contributed by atoms with Gasteiger partial charge in [0.2, 0.25) is 0 Å². The van der Waals surface area contributed by atoms with Crippen LogP contribution in [0.2, 0.25) is 0 Å². The first-order valence-electron chi connectivity index (χ1n) is 8.16. The topological polar surface area (TPSA) is 62.5 Å². The summed E-state index contributed by atoms with van der Waals surface area (Å²) in [7, 11) is 3.85. The van der Waals surface area contributed by atoms with Gasteiger partial charge in [-0.25, -0.2) is 9.50 Å². The number of alkyl halides is 3. The van der Waals surface area contributed by atoms with E-state index >= 15 is 0 Å². The standard InChI is InChI=1S/C16H20F3N5O/c1-23(2)7-3-6-20-15(25)11-9-21-24-13(16(17,18)19)8-12(10-4-5-10)22-14(11)24/h8-10H,3-7H2,1-2H3,(H,20,25). The van der Waals surface area contributed by atoms with Gasteiger partial charge in [-0.15, -0.1) is 0 Å². The molecule has 6 nitrogen and oxygen atoms in total. The van der Waals surface area contributed by atoms with Gasteiger partial charge in [0.15, 0.2) is 5.65 Å². The van der Waals surface area contributed by atoms with Crippen molar-refractivity contribution >= 4 is 11.6 Å². The normalized spacial score (nSPS) is 15.1. The average Bonchev–Trinajstić information content (AvgIpc) is 3.29. The van der Waals surface area contributed by atoms with E-state index in [0.717, 1.165) is 38.1 Å². The Bertz CT molecular complexity index is 780. The zero-order valence-corrected chi connectivity index (χ0v) is 14.1. The zero-order chi connectivity index (χ0) is 18.2. The zero-order valence-electron chi connectivity index (χ0n) is 14.1. The second-order valence-corrected chi connectivity index (χ2v) is 6.54. The Morgan fingerprint density at radius 3 is 2.72 bits per heavy atom. The summed E-state index contributed by atoms with van der Waals surface area (Å²) in [5.41, 5.74) is -0.493. The summed E-state index contributed by atoms with van der Waals surface area (Å²) in [6.07, 6.45) is -1.03. The Kier molecular flexibility index (Phi) is 4.68. The average molecular weight is 355 g/mol. The van der Waals surface area contributed by atoms with Crippen LogP contribution in [0.4, 0.5) is 13.2 Å². The SMILES string of the molecule is CN(C)CCCNC(=O)c1cnn2c(C(F)(F)F)cc(C3CC3)nc12. The van der Waals surface area contributed by atoms with Gasteiger partial charge in [-0.2, -0.15) is 18.3 Å². The van der Waals surface area contributed by atoms with Gasteiger partial charge in [0.1, 0.15) is 11.3 Å². The van der Waals surface area contributed by atoms with Gasteiger partial charge in [0.25, 0.3) is 5.91 Å². The molecular formula is C16H20F3N5O. The number of carbonyl (C=O) groups excluding carboxylic acids is 1. The molecule has 0 unspecified atom stereocenters. The monoisotopic (exact) mass is 355 g/mol. The number of halogens is 3. The molecule has 0 atom stereocenters. The van der Waals surface area contributed by atoms with Crippen molar-refractivity contribution in [2.45, 2.75) is 31.4 Å². The molecular weight excluding hydrogens is 335 g/mol. The van der Waals surface area contributed by atoms with Gasteiger partial charge in [0, 0.05) is 18.2 Å². The highest BCUT2D eigenvalue weighted by Gasteiger charge is 2.37. The molecule has 1 amide bonds. The minimum atomic E-state index is -4.56. The van der Waals surface area contributed by atoms with Gasteiger partial charge in [-0.05, 0) is 46.0 Å². The predicted octanol–water partition coefficient (Wildman–Crippen LogP) is 2.31. The fourth-order valence-corrected chi connectivity index (χ4v) is 2.62. The second-order valence-electron chi connectivity index (χ2n) is 6.54. The van der Waals surface area contributed by atoms with Crippen molar-refractivity contribution in [3.05, 3.63) is 29.2 Å². The van der Waals surface area contributed by atoms with E-state index < -0.39 is 17.8 Å². The lowest BCUT2D eigenvalue weighted by Gasteiger charge is -2.11. The number of carbonyl (C=O) groups is 1. The van der Waals surface area contributed by atoms with Crippen molar-refractivity contribution in [2.75, 3.05) is 27.2 Å². The summed E-state index contributed by atoms with van der Waals surface area (Å²) in [6.45, 7) is 1.24. The van der Waals surface area contributed by atoms with Gasteiger partial charge < -0.3 is 10.2 Å². The van der Waals surface area contributed by atoms with Crippen LogP contribution in [0.25, 0.3) is 5.65 Å². The summed E-state index contributed by atoms with van der Waals surface area (Å²) >= 11 is 0. The van der Waals surface area contributed by atoms with E-state index in [1.807, 2.05) is 19.0 Å². The third-order valence-electron chi connectivity index (χ3n) is 4.09. The number of nitrogens with zero attached hydrogens (tertiary/aromatic N) is 4. The summed E-state index contributed by atoms with van der Waals surface area (Å²) in [5, 5.41) is 6.46. The molecule has 1 aliphatic rings. The van der Waals surface area contributed by atoms with Crippen molar-refractivity contribution < 1.29 is 18.0 Å². The van der Waals surface area contributed by atoms with Crippen LogP contribution in [0.5, 0.6) is 0 Å². The van der Waals surface area contributed by atoms with E-state index in [1.54, 1.807) is 0 Å². The van der Waals surface area contributed by atoms with Crippen LogP contribution in [0.1, 0.15) is 46.9 Å². The molecule has 9 heteroatoms. The smallest absolute Gasteiger partial charge is 0.352 e. The Balaban J connectivity index is 1.89. The molecule has 0 aromatic carbocycles. The Hall–Kier alpha value is -2.16. The molecule has 2 aromatic rings. The largest absolute Gasteiger partial charge is 0.433 e. The van der Waals surface area contributed by atoms with E-state index in [2.05, 4.69) is 15.4 Å². The molecule has 1 saturated carbocycles. The minimum absolute atomic E-state index is 0.0389. The van der Waals surface area contributed by atoms with Gasteiger partial charge >= 0.3 is 6.18 Å². The van der Waals surface area contributed by atoms with Crippen LogP contribution >= 0.6 is 0 Å². The highest BCUT2D eigenvalue weighted by molar-refractivity contribution is 5.99. The molecule has 0 aliphatic heterocycles. The number of aromatic nitrogens is 3. The third-order valence-corrected chi connectivity index (χ3v) is 4.09. The fraction of sp³-hybridized carbons (Fsp3) is 0.562. The number of hydrogen-bond donors (Lipinski definition) is 1. The molecule has 2 aromatic heterocycles. The first kappa shape index (κ1) is 17.7. The maximum absolute atomic E-state index is 13.3. The van der Waals surface area contributed by atoms with Gasteiger partial charge in [0.05, 0.1) is 6.20 Å². The lowest BCUT2D eigenvalue weighted by atomic mass is 10.2. The number of amides is 1. The molecule has 0 saturated heterocycles. The molecule has 2 heterocycles. The van der Waals surface area contributed by atoms with Crippen molar-refractivity contribution in [3.63, 3.8) is 0 Å². The quantitative estimate of drug-likeness (QED) is 0.808. The van der Waals surface area contributed by atoms with Gasteiger partial charge in [-0.1, -0.05) is 0 Å². The number of hydrogen-bond acceptors (Lipinski definition) is 4. The molecule has 1 fully saturated rings. The van der Waals surface area contributed by atoms with Crippen molar-refractivity contribution in [1.29, 1.82) is 0 Å². The van der Waals surface area contributed by atoms with Gasteiger partial charge in [-0.3, -0.25) is 4.79 Å². The maximum Gasteiger partial charge on any atom is 0.433 e. The third kappa shape index (κ3) is 3.92. The van der Waals surface area contributed by atoms with Crippen LogP contribution in [0, 0.1) is 0 Å². The number of fused-ring (bicyclic) bond motifs is 1. The molecule has 0 bridgehead atoms. The summed E-state index contributed by atoms with van der Waals surface area (Å²) in [6, 6.07) is 1.04. The first-order chi connectivity index (χ1) is 11.8. The van der Waals surface area contributed by atoms with Crippen molar-refractivity contribution in [1.82, 2.24) is 24.8 Å². The van der Waals surface area contributed by atoms with Crippen molar-refractivity contribution in [2.24, 2.45) is 0 Å². The fourth-order valence-electron chi connectivity index (χ4n) is 2.62. The molecule has 1 N–H and O–H groups in total. The number of rotatable bonds is 6. The molecule has 1 aliphatic carbocycles. The Labute approximate surface area is 143 Å². The Morgan fingerprint density at radius 1 is 1.40 bits per heavy atom. The van der Waals surface area contributed by atoms with E-state index in [9.17, 15) is 18.0 Å². The Morgan fingerprint density at radius 2 is 2.12 bits per heavy atom. The van der Waals surface area contributed by atoms with Crippen LogP contribution in [0.15, 0.2) is 12.3 Å². The summed E-state index contributed by atoms with van der Waals surface area (Å²) in [5.74, 6) is -0.417. The molecule has 0 radical (unpaired) electrons. The molecule has 136 valence electrons. The lowest BCUT2D eigenvalue weighted by Crippen LogP contribution is -2.27. The second kappa shape index (κ2) is 6.62. The molecule has 3 rings (SSSR count). The van der Waals surface area contributed by atoms with E-state index in [0.29, 0.717) is 16.8 Å². The minimum Gasteiger partial charge on any atom is -0.352 e. The summed E-state index contributed by atoms with van der Waals surface area (Å²) < 4.78 is 40.7. The van der Waals surface area contributed by atoms with Crippen LogP contribution in [-0.4, -0.2) is 52.6 Å². The van der Waals surface area contributed by atoms with Crippen molar-refractivity contribution in [3.8, 4) is 0 Å². The maximum atomic E-state index is 13.3. The van der Waals surface area contributed by atoms with E-state index in [-0.39, 0.29) is 17.1 Å². The number of nitrogens with one attached hydrogen (secondary N) is 1. The molecule has 0 spiro atoms. The van der Waals surface area contributed by atoms with E-state index in [4.69, 9.17) is 0 Å². The highest BCUT2D eigenvalue weighted by atomic mass is 19.4. The van der Waals surface area contributed by atoms with Crippen LogP contribution < -0.4 is 5.32 Å². The highest BCUT2D eigenvalue weighted by Crippen LogP contribution is 2.41. The summed E-state index contributed by atoms with van der Waals surface area (Å²) in [4.78, 5) is 18.6. The van der Waals surface area contributed by atoms with Crippen LogP contribution in [-0.2, 0) is 6.18 Å². The lowest BCUT2D eigenvalue weighted by molar-refractivity contribution is -0.142. The van der Waals surface area contributed by atoms with E-state index in [1.165, 1.54) is 0 Å². The molecule has 25 heavy (non-hydrogen) atoms.